The van der Waals surface area contributed by atoms with Gasteiger partial charge in [0.15, 0.2) is 0 Å². The van der Waals surface area contributed by atoms with Crippen LogP contribution in [0.15, 0.2) is 59.6 Å². The van der Waals surface area contributed by atoms with Gasteiger partial charge in [-0.2, -0.15) is 0 Å². The Bertz CT molecular complexity index is 754. The van der Waals surface area contributed by atoms with Crippen LogP contribution in [0.2, 0.25) is 0 Å². The summed E-state index contributed by atoms with van der Waals surface area (Å²) in [5.74, 6) is 0. The van der Waals surface area contributed by atoms with E-state index in [9.17, 15) is 0 Å². The van der Waals surface area contributed by atoms with Gasteiger partial charge in [0.25, 0.3) is 0 Å². The van der Waals surface area contributed by atoms with Gasteiger partial charge in [0.2, 0.25) is 0 Å². The van der Waals surface area contributed by atoms with Crippen molar-refractivity contribution in [3.05, 3.63) is 75.6 Å². The van der Waals surface area contributed by atoms with Crippen LogP contribution in [0.1, 0.15) is 16.0 Å². The van der Waals surface area contributed by atoms with Crippen molar-refractivity contribution in [2.75, 3.05) is 0 Å². The van der Waals surface area contributed by atoms with E-state index in [4.69, 9.17) is 0 Å². The minimum atomic E-state index is 1.09. The van der Waals surface area contributed by atoms with Crippen LogP contribution in [0.4, 0.5) is 0 Å². The van der Waals surface area contributed by atoms with E-state index < -0.39 is 0 Å². The predicted octanol–water partition coefficient (Wildman–Crippen LogP) is 6.03. The minimum absolute atomic E-state index is 1.09. The van der Waals surface area contributed by atoms with Gasteiger partial charge in [-0.25, -0.2) is 0 Å². The second-order valence-corrected chi connectivity index (χ2v) is 6.60. The molecule has 0 bridgehead atoms. The highest BCUT2D eigenvalue weighted by atomic mass is 79.9. The van der Waals surface area contributed by atoms with Gasteiger partial charge in [-0.15, -0.1) is 11.3 Å². The quantitative estimate of drug-likeness (QED) is 0.538. The molecular weight excluding hydrogens is 316 g/mol. The predicted molar refractivity (Wildman–Crippen MR) is 88.8 cm³/mol. The second-order valence-electron chi connectivity index (χ2n) is 4.49. The van der Waals surface area contributed by atoms with Gasteiger partial charge in [-0.1, -0.05) is 58.9 Å². The summed E-state index contributed by atoms with van der Waals surface area (Å²) >= 11 is 5.49. The third kappa shape index (κ3) is 2.15. The Morgan fingerprint density at radius 1 is 1.05 bits per heavy atom. The molecule has 0 spiro atoms. The van der Waals surface area contributed by atoms with Gasteiger partial charge in [0.05, 0.1) is 0 Å². The van der Waals surface area contributed by atoms with Crippen LogP contribution < -0.4 is 0 Å². The highest BCUT2D eigenvalue weighted by molar-refractivity contribution is 9.10. The van der Waals surface area contributed by atoms with Crippen LogP contribution in [0.5, 0.6) is 0 Å². The number of aryl methyl sites for hydroxylation is 1. The summed E-state index contributed by atoms with van der Waals surface area (Å²) in [5, 5.41) is 1.28. The van der Waals surface area contributed by atoms with Crippen molar-refractivity contribution in [3.63, 3.8) is 0 Å². The van der Waals surface area contributed by atoms with Crippen molar-refractivity contribution in [1.29, 1.82) is 0 Å². The summed E-state index contributed by atoms with van der Waals surface area (Å²) in [6, 6.07) is 16.7. The zero-order chi connectivity index (χ0) is 13.4. The lowest BCUT2D eigenvalue weighted by molar-refractivity contribution is 1.54. The largest absolute Gasteiger partial charge is 0.140 e. The third-order valence-corrected chi connectivity index (χ3v) is 5.00. The first kappa shape index (κ1) is 12.6. The van der Waals surface area contributed by atoms with E-state index in [1.807, 2.05) is 17.4 Å². The maximum atomic E-state index is 4.31. The molecular formula is C17H13BrS. The average Bonchev–Trinajstić information content (AvgIpc) is 2.76. The first-order chi connectivity index (χ1) is 9.18. The molecule has 2 aromatic carbocycles. The summed E-state index contributed by atoms with van der Waals surface area (Å²) in [7, 11) is 0. The molecule has 0 aliphatic carbocycles. The highest BCUT2D eigenvalue weighted by Crippen LogP contribution is 2.40. The van der Waals surface area contributed by atoms with E-state index in [0.717, 1.165) is 10.0 Å². The van der Waals surface area contributed by atoms with E-state index in [2.05, 4.69) is 71.9 Å². The zero-order valence-corrected chi connectivity index (χ0v) is 13.0. The zero-order valence-electron chi connectivity index (χ0n) is 10.6. The topological polar surface area (TPSA) is 0 Å². The summed E-state index contributed by atoms with van der Waals surface area (Å²) in [6.45, 7) is 6.47. The molecule has 2 heteroatoms. The lowest BCUT2D eigenvalue weighted by Gasteiger charge is -2.07. The first-order valence-corrected chi connectivity index (χ1v) is 7.71. The number of hydrogen-bond acceptors (Lipinski definition) is 1. The molecule has 0 atom stereocenters. The van der Waals surface area contributed by atoms with Crippen LogP contribution in [0.3, 0.4) is 0 Å². The van der Waals surface area contributed by atoms with E-state index in [0.29, 0.717) is 0 Å². The molecule has 19 heavy (non-hydrogen) atoms. The first-order valence-electron chi connectivity index (χ1n) is 6.11. The van der Waals surface area contributed by atoms with Crippen molar-refractivity contribution < 1.29 is 0 Å². The Morgan fingerprint density at radius 2 is 1.79 bits per heavy atom. The Morgan fingerprint density at radius 3 is 2.53 bits per heavy atom. The number of thiophene rings is 1. The molecule has 1 aromatic heterocycles. The molecule has 0 radical (unpaired) electrons. The highest BCUT2D eigenvalue weighted by Gasteiger charge is 2.15. The molecule has 94 valence electrons. The number of hydrogen-bond donors (Lipinski definition) is 0. The molecule has 0 saturated heterocycles. The van der Waals surface area contributed by atoms with Crippen LogP contribution in [0.25, 0.3) is 15.7 Å². The molecule has 0 saturated carbocycles. The number of benzene rings is 2. The number of rotatable bonds is 2. The van der Waals surface area contributed by atoms with Crippen molar-refractivity contribution in [1.82, 2.24) is 0 Å². The molecule has 3 aromatic rings. The number of fused-ring (bicyclic) bond motifs is 1. The normalized spacial score (nSPS) is 10.8. The summed E-state index contributed by atoms with van der Waals surface area (Å²) in [6.07, 6.45) is 0. The molecule has 0 N–H and O–H groups in total. The molecule has 0 fully saturated rings. The average molecular weight is 329 g/mol. The Kier molecular flexibility index (Phi) is 3.29. The van der Waals surface area contributed by atoms with E-state index >= 15 is 0 Å². The van der Waals surface area contributed by atoms with Crippen LogP contribution in [-0.4, -0.2) is 0 Å². The van der Waals surface area contributed by atoms with Gasteiger partial charge in [-0.05, 0) is 30.2 Å². The van der Waals surface area contributed by atoms with Crippen LogP contribution in [0, 0.1) is 6.92 Å². The van der Waals surface area contributed by atoms with Crippen molar-refractivity contribution >= 4 is 42.9 Å². The molecule has 3 rings (SSSR count). The molecule has 0 amide bonds. The molecule has 0 unspecified atom stereocenters. The van der Waals surface area contributed by atoms with Gasteiger partial charge in [-0.3, -0.25) is 0 Å². The summed E-state index contributed by atoms with van der Waals surface area (Å²) in [5.41, 5.74) is 3.54. The Balaban J connectivity index is 2.26. The number of halogens is 1. The lowest BCUT2D eigenvalue weighted by atomic mass is 9.97. The fourth-order valence-electron chi connectivity index (χ4n) is 2.37. The van der Waals surface area contributed by atoms with Crippen molar-refractivity contribution in [2.45, 2.75) is 6.92 Å². The fourth-order valence-corrected chi connectivity index (χ4v) is 4.18. The Hall–Kier alpha value is -1.38. The maximum absolute atomic E-state index is 4.31. The third-order valence-electron chi connectivity index (χ3n) is 3.26. The summed E-state index contributed by atoms with van der Waals surface area (Å²) < 4.78 is 2.44. The standard InChI is InChI=1S/C17H13BrS/c1-11(13-7-4-3-5-8-13)16-12(2)19-15-10-6-9-14(18)17(15)16/h3-10H,1H2,2H3. The van der Waals surface area contributed by atoms with Gasteiger partial charge in [0, 0.05) is 25.0 Å². The fraction of sp³-hybridized carbons (Fsp3) is 0.0588. The van der Waals surface area contributed by atoms with Gasteiger partial charge in [0.1, 0.15) is 0 Å². The van der Waals surface area contributed by atoms with E-state index in [1.54, 1.807) is 0 Å². The maximum Gasteiger partial charge on any atom is 0.0363 e. The van der Waals surface area contributed by atoms with Crippen molar-refractivity contribution in [3.8, 4) is 0 Å². The smallest absolute Gasteiger partial charge is 0.0363 e. The molecule has 0 nitrogen and oxygen atoms in total. The van der Waals surface area contributed by atoms with E-state index in [1.165, 1.54) is 26.1 Å². The monoisotopic (exact) mass is 328 g/mol. The SMILES string of the molecule is C=C(c1ccccc1)c1c(C)sc2cccc(Br)c12. The minimum Gasteiger partial charge on any atom is -0.140 e. The van der Waals surface area contributed by atoms with E-state index in [-0.39, 0.29) is 0 Å². The van der Waals surface area contributed by atoms with Crippen LogP contribution >= 0.6 is 27.3 Å². The lowest BCUT2D eigenvalue weighted by Crippen LogP contribution is -1.87. The Labute approximate surface area is 125 Å². The van der Waals surface area contributed by atoms with Gasteiger partial charge < -0.3 is 0 Å². The van der Waals surface area contributed by atoms with Crippen LogP contribution in [-0.2, 0) is 0 Å². The molecule has 1 heterocycles. The second kappa shape index (κ2) is 4.95. The summed E-state index contributed by atoms with van der Waals surface area (Å²) in [4.78, 5) is 1.32. The molecule has 0 aliphatic rings. The van der Waals surface area contributed by atoms with Crippen molar-refractivity contribution in [2.24, 2.45) is 0 Å². The van der Waals surface area contributed by atoms with Gasteiger partial charge >= 0.3 is 0 Å². The molecule has 0 aliphatic heterocycles.